The highest BCUT2D eigenvalue weighted by Gasteiger charge is 2.15. The molecule has 0 spiro atoms. The monoisotopic (exact) mass is 326 g/mol. The largest absolute Gasteiger partial charge is 0.459 e. The number of hydrogen-bond donors (Lipinski definition) is 0. The molecule has 1 heterocycles. The molecule has 118 valence electrons. The molecule has 2 aromatic rings. The maximum absolute atomic E-state index is 13.4. The summed E-state index contributed by atoms with van der Waals surface area (Å²) in [4.78, 5) is 11.7. The van der Waals surface area contributed by atoms with E-state index in [1.165, 1.54) is 18.2 Å². The molecule has 0 unspecified atom stereocenters. The van der Waals surface area contributed by atoms with Gasteiger partial charge in [-0.1, -0.05) is 18.2 Å². The first-order chi connectivity index (χ1) is 10.3. The topological polar surface area (TPSA) is 73.6 Å². The van der Waals surface area contributed by atoms with Crippen LogP contribution in [0.4, 0.5) is 4.39 Å². The molecular formula is C15H15FO5S. The zero-order chi connectivity index (χ0) is 16.2. The van der Waals surface area contributed by atoms with Crippen LogP contribution in [0.1, 0.15) is 21.9 Å². The molecule has 1 aromatic carbocycles. The van der Waals surface area contributed by atoms with Crippen LogP contribution in [0.3, 0.4) is 0 Å². The number of halogens is 1. The minimum absolute atomic E-state index is 0.00186. The van der Waals surface area contributed by atoms with Crippen LogP contribution < -0.4 is 0 Å². The van der Waals surface area contributed by atoms with Gasteiger partial charge in [-0.15, -0.1) is 0 Å². The maximum atomic E-state index is 13.4. The first kappa shape index (κ1) is 16.2. The van der Waals surface area contributed by atoms with Gasteiger partial charge in [0.1, 0.15) is 17.3 Å². The summed E-state index contributed by atoms with van der Waals surface area (Å²) >= 11 is 0. The van der Waals surface area contributed by atoms with Crippen molar-refractivity contribution < 1.29 is 26.8 Å². The second-order valence-corrected chi connectivity index (χ2v) is 6.95. The van der Waals surface area contributed by atoms with E-state index in [4.69, 9.17) is 9.15 Å². The predicted octanol–water partition coefficient (Wildman–Crippen LogP) is 2.36. The van der Waals surface area contributed by atoms with E-state index in [9.17, 15) is 17.6 Å². The van der Waals surface area contributed by atoms with Gasteiger partial charge in [-0.05, 0) is 23.8 Å². The Morgan fingerprint density at radius 3 is 2.64 bits per heavy atom. The van der Waals surface area contributed by atoms with Crippen molar-refractivity contribution in [2.45, 2.75) is 12.2 Å². The maximum Gasteiger partial charge on any atom is 0.374 e. The fourth-order valence-electron chi connectivity index (χ4n) is 1.85. The van der Waals surface area contributed by atoms with Gasteiger partial charge in [0.15, 0.2) is 9.84 Å². The van der Waals surface area contributed by atoms with Gasteiger partial charge < -0.3 is 9.15 Å². The lowest BCUT2D eigenvalue weighted by Gasteiger charge is -2.04. The van der Waals surface area contributed by atoms with Gasteiger partial charge in [-0.25, -0.2) is 17.6 Å². The van der Waals surface area contributed by atoms with Crippen LogP contribution in [0, 0.1) is 5.82 Å². The molecule has 0 aliphatic rings. The zero-order valence-corrected chi connectivity index (χ0v) is 12.7. The van der Waals surface area contributed by atoms with Gasteiger partial charge in [0.2, 0.25) is 5.76 Å². The number of ether oxygens (including phenoxy) is 1. The minimum Gasteiger partial charge on any atom is -0.459 e. The highest BCUT2D eigenvalue weighted by Crippen LogP contribution is 2.13. The number of rotatable bonds is 6. The third kappa shape index (κ3) is 4.70. The van der Waals surface area contributed by atoms with Crippen LogP contribution in [0.25, 0.3) is 0 Å². The number of hydrogen-bond acceptors (Lipinski definition) is 5. The van der Waals surface area contributed by atoms with Crippen LogP contribution in [0.2, 0.25) is 0 Å². The Morgan fingerprint density at radius 1 is 1.23 bits per heavy atom. The van der Waals surface area contributed by atoms with Crippen molar-refractivity contribution in [1.29, 1.82) is 0 Å². The summed E-state index contributed by atoms with van der Waals surface area (Å²) in [5, 5.41) is 0. The molecule has 0 N–H and O–H groups in total. The minimum atomic E-state index is -3.23. The Bertz CT molecular complexity index is 764. The lowest BCUT2D eigenvalue weighted by atomic mass is 10.1. The lowest BCUT2D eigenvalue weighted by Crippen LogP contribution is -2.08. The van der Waals surface area contributed by atoms with Crippen LogP contribution in [0.15, 0.2) is 40.8 Å². The molecule has 0 amide bonds. The lowest BCUT2D eigenvalue weighted by molar-refractivity contribution is 0.0470. The van der Waals surface area contributed by atoms with Crippen molar-refractivity contribution in [3.05, 3.63) is 59.3 Å². The predicted molar refractivity (Wildman–Crippen MR) is 77.6 cm³/mol. The molecule has 22 heavy (non-hydrogen) atoms. The smallest absolute Gasteiger partial charge is 0.374 e. The van der Waals surface area contributed by atoms with Crippen molar-refractivity contribution in [2.24, 2.45) is 0 Å². The summed E-state index contributed by atoms with van der Waals surface area (Å²) in [6.45, 7) is 0.00186. The molecule has 0 bridgehead atoms. The molecule has 7 heteroatoms. The number of benzene rings is 1. The van der Waals surface area contributed by atoms with Crippen LogP contribution >= 0.6 is 0 Å². The number of carbonyl (C=O) groups excluding carboxylic acids is 1. The number of sulfone groups is 1. The standard InChI is InChI=1S/C15H15FO5S/c1-22(18,19)10-12-6-7-14(21-12)15(17)20-9-8-11-4-2-3-5-13(11)16/h2-7H,8-10H2,1H3. The van der Waals surface area contributed by atoms with Crippen molar-refractivity contribution in [3.8, 4) is 0 Å². The van der Waals surface area contributed by atoms with E-state index < -0.39 is 15.8 Å². The molecule has 1 aromatic heterocycles. The van der Waals surface area contributed by atoms with E-state index in [0.29, 0.717) is 5.56 Å². The normalized spacial score (nSPS) is 11.4. The third-order valence-electron chi connectivity index (χ3n) is 2.83. The van der Waals surface area contributed by atoms with Gasteiger partial charge in [0.05, 0.1) is 6.61 Å². The van der Waals surface area contributed by atoms with Gasteiger partial charge in [0, 0.05) is 12.7 Å². The molecule has 0 fully saturated rings. The number of furan rings is 1. The molecule has 0 aliphatic carbocycles. The van der Waals surface area contributed by atoms with Gasteiger partial charge in [-0.2, -0.15) is 0 Å². The van der Waals surface area contributed by atoms with E-state index in [0.717, 1.165) is 6.26 Å². The molecule has 0 saturated carbocycles. The Morgan fingerprint density at radius 2 is 1.95 bits per heavy atom. The zero-order valence-electron chi connectivity index (χ0n) is 11.9. The second kappa shape index (κ2) is 6.74. The molecule has 0 aliphatic heterocycles. The fraction of sp³-hybridized carbons (Fsp3) is 0.267. The molecule has 0 saturated heterocycles. The number of esters is 1. The van der Waals surface area contributed by atoms with Gasteiger partial charge in [-0.3, -0.25) is 0 Å². The van der Waals surface area contributed by atoms with E-state index in [1.54, 1.807) is 18.2 Å². The van der Waals surface area contributed by atoms with Crippen molar-refractivity contribution in [1.82, 2.24) is 0 Å². The summed E-state index contributed by atoms with van der Waals surface area (Å²) in [5.74, 6) is -1.26. The number of carbonyl (C=O) groups is 1. The van der Waals surface area contributed by atoms with Crippen molar-refractivity contribution in [3.63, 3.8) is 0 Å². The van der Waals surface area contributed by atoms with Crippen molar-refractivity contribution >= 4 is 15.8 Å². The molecule has 0 atom stereocenters. The Balaban J connectivity index is 1.89. The summed E-state index contributed by atoms with van der Waals surface area (Å²) in [6.07, 6.45) is 1.32. The second-order valence-electron chi connectivity index (χ2n) is 4.81. The van der Waals surface area contributed by atoms with Crippen LogP contribution in [0.5, 0.6) is 0 Å². The third-order valence-corrected chi connectivity index (χ3v) is 3.64. The average Bonchev–Trinajstić information content (AvgIpc) is 2.87. The molecular weight excluding hydrogens is 311 g/mol. The summed E-state index contributed by atoms with van der Waals surface area (Å²) in [6, 6.07) is 8.99. The molecule has 2 rings (SSSR count). The first-order valence-corrected chi connectivity index (χ1v) is 8.58. The Kier molecular flexibility index (Phi) is 4.97. The van der Waals surface area contributed by atoms with Gasteiger partial charge in [0.25, 0.3) is 0 Å². The SMILES string of the molecule is CS(=O)(=O)Cc1ccc(C(=O)OCCc2ccccc2F)o1. The Labute approximate surface area is 127 Å². The summed E-state index contributed by atoms with van der Waals surface area (Å²) in [5.41, 5.74) is 0.451. The summed E-state index contributed by atoms with van der Waals surface area (Å²) < 4.78 is 45.7. The molecule has 0 radical (unpaired) electrons. The summed E-state index contributed by atoms with van der Waals surface area (Å²) in [7, 11) is -3.23. The molecule has 5 nitrogen and oxygen atoms in total. The van der Waals surface area contributed by atoms with Crippen LogP contribution in [-0.4, -0.2) is 27.2 Å². The fourth-order valence-corrected chi connectivity index (χ4v) is 2.52. The van der Waals surface area contributed by atoms with E-state index in [2.05, 4.69) is 0 Å². The van der Waals surface area contributed by atoms with E-state index in [-0.39, 0.29) is 36.1 Å². The Hall–Kier alpha value is -2.15. The van der Waals surface area contributed by atoms with E-state index >= 15 is 0 Å². The highest BCUT2D eigenvalue weighted by atomic mass is 32.2. The average molecular weight is 326 g/mol. The van der Waals surface area contributed by atoms with Crippen molar-refractivity contribution in [2.75, 3.05) is 12.9 Å². The van der Waals surface area contributed by atoms with E-state index in [1.807, 2.05) is 0 Å². The quantitative estimate of drug-likeness (QED) is 0.762. The van der Waals surface area contributed by atoms with Crippen LogP contribution in [-0.2, 0) is 26.7 Å². The first-order valence-electron chi connectivity index (χ1n) is 6.52. The highest BCUT2D eigenvalue weighted by molar-refractivity contribution is 7.89. The van der Waals surface area contributed by atoms with Gasteiger partial charge >= 0.3 is 5.97 Å².